The number of hydrogen-bond donors (Lipinski definition) is 3. The predicted octanol–water partition coefficient (Wildman–Crippen LogP) is 4.83. The Morgan fingerprint density at radius 1 is 0.952 bits per heavy atom. The molecule has 0 spiro atoms. The number of imide groups is 1. The Balaban J connectivity index is 0.727. The van der Waals surface area contributed by atoms with Crippen molar-refractivity contribution in [1.82, 2.24) is 34.9 Å². The standard InChI is InChI=1S/C46H52N10O7/c1-27-28(2)63-40(23-55(27)38-20-37(50-51-43(38)47)34-5-3-4-6-39(34)57)30-9-11-31(12-10-30)45(59)53-17-15-52(16-18-53)24-42-61-25-33(26-62-42)56-22-36(29-7-8-29)35-19-32(21-48-44(35)56)54-14-13-41(58)49-46(54)60/h3-6,9-12,19-22,27-29,33,40,42,57H,7-8,13-18,23-26H2,1-2H3,(H2,47,51)(H,49,58,60)/t27-,28+,33?,40+,42?/m0/s1. The van der Waals surface area contributed by atoms with Crippen LogP contribution in [0.3, 0.4) is 0 Å². The van der Waals surface area contributed by atoms with E-state index in [1.807, 2.05) is 54.3 Å². The summed E-state index contributed by atoms with van der Waals surface area (Å²) < 4.78 is 21.2. The van der Waals surface area contributed by atoms with Crippen molar-refractivity contribution in [2.45, 2.75) is 69.6 Å². The molecule has 10 rings (SSSR count). The molecule has 5 aliphatic rings. The van der Waals surface area contributed by atoms with Gasteiger partial charge in [-0.25, -0.2) is 9.78 Å². The summed E-state index contributed by atoms with van der Waals surface area (Å²) in [6.07, 6.45) is 5.59. The number of hydrogen-bond acceptors (Lipinski definition) is 13. The van der Waals surface area contributed by atoms with Gasteiger partial charge in [-0.15, -0.1) is 10.2 Å². The number of carbonyl (C=O) groups is 3. The number of piperazine rings is 1. The lowest BCUT2D eigenvalue weighted by molar-refractivity contribution is -0.204. The van der Waals surface area contributed by atoms with Crippen LogP contribution in [0.25, 0.3) is 22.3 Å². The van der Waals surface area contributed by atoms with E-state index in [1.165, 1.54) is 5.56 Å². The van der Waals surface area contributed by atoms with Crippen LogP contribution in [0.15, 0.2) is 73.1 Å². The Morgan fingerprint density at radius 2 is 1.71 bits per heavy atom. The molecule has 17 nitrogen and oxygen atoms in total. The Labute approximate surface area is 364 Å². The lowest BCUT2D eigenvalue weighted by Crippen LogP contribution is -2.51. The number of phenolic OH excluding ortho intramolecular Hbond substituents is 1. The Kier molecular flexibility index (Phi) is 10.9. The molecule has 0 unspecified atom stereocenters. The van der Waals surface area contributed by atoms with Crippen LogP contribution in [0.4, 0.5) is 22.0 Å². The van der Waals surface area contributed by atoms with Crippen LogP contribution in [0.2, 0.25) is 0 Å². The van der Waals surface area contributed by atoms with Crippen LogP contribution in [-0.4, -0.2) is 130 Å². The molecular formula is C46H52N10O7. The van der Waals surface area contributed by atoms with E-state index < -0.39 is 6.03 Å². The number of anilines is 3. The zero-order chi connectivity index (χ0) is 43.4. The molecule has 4 aliphatic heterocycles. The van der Waals surface area contributed by atoms with Gasteiger partial charge in [-0.2, -0.15) is 0 Å². The number of nitrogens with one attached hydrogen (secondary N) is 1. The normalized spacial score (nSPS) is 24.8. The highest BCUT2D eigenvalue weighted by Gasteiger charge is 2.36. The van der Waals surface area contributed by atoms with Gasteiger partial charge in [0, 0.05) is 74.9 Å². The lowest BCUT2D eigenvalue weighted by atomic mass is 10.0. The number of benzene rings is 2. The Hall–Kier alpha value is -6.14. The van der Waals surface area contributed by atoms with Crippen LogP contribution in [-0.2, 0) is 19.0 Å². The Morgan fingerprint density at radius 3 is 2.44 bits per heavy atom. The first-order valence-corrected chi connectivity index (χ1v) is 21.9. The molecule has 4 amide bonds. The number of nitrogens with zero attached hydrogens (tertiary/aromatic N) is 8. The number of ether oxygens (including phenoxy) is 3. The smallest absolute Gasteiger partial charge is 0.328 e. The SMILES string of the molecule is C[C@H]1O[C@@H](c2ccc(C(=O)N3CCN(CC4OCC(n5cc(C6CC6)c6cc(N7CCC(=O)NC7=O)cnc65)CO4)CC3)cc2)CN(c2cc(-c3ccccc3O)nnc2N)[C@H]1C. The van der Waals surface area contributed by atoms with Gasteiger partial charge in [0.05, 0.1) is 54.7 Å². The zero-order valence-corrected chi connectivity index (χ0v) is 35.4. The molecule has 17 heteroatoms. The van der Waals surface area contributed by atoms with Gasteiger partial charge in [-0.3, -0.25) is 24.7 Å². The second kappa shape index (κ2) is 16.9. The lowest BCUT2D eigenvalue weighted by Gasteiger charge is -2.43. The second-order valence-electron chi connectivity index (χ2n) is 17.3. The summed E-state index contributed by atoms with van der Waals surface area (Å²) in [6.45, 7) is 9.14. The van der Waals surface area contributed by atoms with Crippen molar-refractivity contribution in [3.63, 3.8) is 0 Å². The molecule has 4 N–H and O–H groups in total. The van der Waals surface area contributed by atoms with Crippen LogP contribution < -0.4 is 20.9 Å². The maximum atomic E-state index is 13.7. The van der Waals surface area contributed by atoms with E-state index >= 15 is 0 Å². The van der Waals surface area contributed by atoms with Gasteiger partial charge in [-0.05, 0) is 80.1 Å². The van der Waals surface area contributed by atoms with Crippen molar-refractivity contribution in [2.75, 3.05) is 74.6 Å². The number of carbonyl (C=O) groups excluding carboxylic acids is 3. The number of aromatic hydroxyl groups is 1. The van der Waals surface area contributed by atoms with E-state index in [-0.39, 0.29) is 54.6 Å². The highest BCUT2D eigenvalue weighted by Crippen LogP contribution is 2.45. The molecule has 1 aliphatic carbocycles. The molecule has 7 heterocycles. The summed E-state index contributed by atoms with van der Waals surface area (Å²) in [7, 11) is 0. The first-order valence-electron chi connectivity index (χ1n) is 21.9. The van der Waals surface area contributed by atoms with Gasteiger partial charge >= 0.3 is 6.03 Å². The molecule has 1 saturated carbocycles. The monoisotopic (exact) mass is 856 g/mol. The van der Waals surface area contributed by atoms with E-state index in [0.717, 1.165) is 35.1 Å². The van der Waals surface area contributed by atoms with Crippen molar-refractivity contribution in [2.24, 2.45) is 0 Å². The van der Waals surface area contributed by atoms with Crippen LogP contribution in [0.1, 0.15) is 72.7 Å². The van der Waals surface area contributed by atoms with Gasteiger partial charge in [0.15, 0.2) is 12.1 Å². The molecule has 0 radical (unpaired) electrons. The maximum Gasteiger partial charge on any atom is 0.328 e. The van der Waals surface area contributed by atoms with Crippen molar-refractivity contribution in [3.05, 3.63) is 89.7 Å². The Bertz CT molecular complexity index is 2530. The summed E-state index contributed by atoms with van der Waals surface area (Å²) in [6, 6.07) is 18.1. The number of fused-ring (bicyclic) bond motifs is 1. The first kappa shape index (κ1) is 40.9. The molecule has 4 saturated heterocycles. The molecule has 63 heavy (non-hydrogen) atoms. The highest BCUT2D eigenvalue weighted by atomic mass is 16.7. The van der Waals surface area contributed by atoms with E-state index in [0.29, 0.717) is 93.3 Å². The molecule has 0 bridgehead atoms. The largest absolute Gasteiger partial charge is 0.507 e. The van der Waals surface area contributed by atoms with E-state index in [2.05, 4.69) is 43.0 Å². The third-order valence-corrected chi connectivity index (χ3v) is 13.2. The van der Waals surface area contributed by atoms with Gasteiger partial charge in [0.1, 0.15) is 17.5 Å². The summed E-state index contributed by atoms with van der Waals surface area (Å²) in [5, 5.41) is 22.4. The quantitative estimate of drug-likeness (QED) is 0.183. The number of para-hydroxylation sites is 1. The molecule has 3 atom stereocenters. The minimum Gasteiger partial charge on any atom is -0.507 e. The van der Waals surface area contributed by atoms with Gasteiger partial charge in [0.2, 0.25) is 5.91 Å². The van der Waals surface area contributed by atoms with Crippen molar-refractivity contribution in [1.29, 1.82) is 0 Å². The molecule has 3 aromatic heterocycles. The van der Waals surface area contributed by atoms with E-state index in [9.17, 15) is 19.5 Å². The van der Waals surface area contributed by atoms with Crippen LogP contribution in [0, 0.1) is 0 Å². The minimum absolute atomic E-state index is 0.00532. The number of nitrogen functional groups attached to an aromatic ring is 1. The third-order valence-electron chi connectivity index (χ3n) is 13.2. The fourth-order valence-corrected chi connectivity index (χ4v) is 9.23. The average Bonchev–Trinajstić information content (AvgIpc) is 4.08. The van der Waals surface area contributed by atoms with Crippen LogP contribution >= 0.6 is 0 Å². The van der Waals surface area contributed by atoms with E-state index in [4.69, 9.17) is 24.9 Å². The average molecular weight is 857 g/mol. The first-order chi connectivity index (χ1) is 30.6. The number of morpholine rings is 1. The molecule has 328 valence electrons. The van der Waals surface area contributed by atoms with E-state index in [1.54, 1.807) is 29.3 Å². The summed E-state index contributed by atoms with van der Waals surface area (Å²) in [5.74, 6) is 0.615. The number of amides is 4. The summed E-state index contributed by atoms with van der Waals surface area (Å²) in [5.41, 5.74) is 12.5. The number of urea groups is 1. The predicted molar refractivity (Wildman–Crippen MR) is 234 cm³/mol. The molecule has 2 aromatic carbocycles. The fraction of sp³-hybridized carbons (Fsp3) is 0.435. The van der Waals surface area contributed by atoms with Crippen molar-refractivity contribution >= 4 is 46.1 Å². The van der Waals surface area contributed by atoms with Crippen LogP contribution in [0.5, 0.6) is 5.75 Å². The molecule has 5 fully saturated rings. The highest BCUT2D eigenvalue weighted by molar-refractivity contribution is 6.06. The number of phenols is 1. The van der Waals surface area contributed by atoms with Gasteiger partial charge < -0.3 is 39.4 Å². The second-order valence-corrected chi connectivity index (χ2v) is 17.3. The number of aromatic nitrogens is 4. The zero-order valence-electron chi connectivity index (χ0n) is 35.4. The topological polar surface area (TPSA) is 194 Å². The number of pyridine rings is 1. The van der Waals surface area contributed by atoms with Crippen molar-refractivity contribution in [3.8, 4) is 17.0 Å². The fourth-order valence-electron chi connectivity index (χ4n) is 9.23. The third kappa shape index (κ3) is 8.17. The minimum atomic E-state index is -0.419. The molecular weight excluding hydrogens is 805 g/mol. The number of rotatable bonds is 9. The van der Waals surface area contributed by atoms with Crippen molar-refractivity contribution < 1.29 is 33.7 Å². The maximum absolute atomic E-state index is 13.7. The molecule has 5 aromatic rings. The number of nitrogens with two attached hydrogens (primary N) is 1. The van der Waals surface area contributed by atoms with Gasteiger partial charge in [-0.1, -0.05) is 24.3 Å². The van der Waals surface area contributed by atoms with Gasteiger partial charge in [0.25, 0.3) is 5.91 Å². The summed E-state index contributed by atoms with van der Waals surface area (Å²) in [4.78, 5) is 50.7. The summed E-state index contributed by atoms with van der Waals surface area (Å²) >= 11 is 0.